The molecule has 0 radical (unpaired) electrons. The molecule has 2 fully saturated rings. The van der Waals surface area contributed by atoms with Crippen molar-refractivity contribution in [2.75, 3.05) is 13.2 Å². The normalized spacial score (nSPS) is 26.7. The van der Waals surface area contributed by atoms with Crippen molar-refractivity contribution in [3.63, 3.8) is 0 Å². The summed E-state index contributed by atoms with van der Waals surface area (Å²) in [6.07, 6.45) is 2.39. The lowest BCUT2D eigenvalue weighted by Crippen LogP contribution is -2.54. The van der Waals surface area contributed by atoms with Crippen LogP contribution < -0.4 is 5.32 Å². The maximum absolute atomic E-state index is 12.9. The largest absolute Gasteiger partial charge is 0.481 e. The zero-order valence-corrected chi connectivity index (χ0v) is 12.5. The molecule has 1 aromatic rings. The molecule has 1 saturated carbocycles. The molecule has 3 rings (SSSR count). The molecule has 1 aliphatic carbocycles. The van der Waals surface area contributed by atoms with Crippen LogP contribution in [0.25, 0.3) is 0 Å². The molecular weight excluding hydrogens is 282 g/mol. The van der Waals surface area contributed by atoms with Gasteiger partial charge in [0.15, 0.2) is 0 Å². The van der Waals surface area contributed by atoms with Gasteiger partial charge in [0.2, 0.25) is 5.91 Å². The van der Waals surface area contributed by atoms with Crippen LogP contribution in [0.3, 0.4) is 0 Å². The Bertz CT molecular complexity index is 545. The van der Waals surface area contributed by atoms with Crippen LogP contribution in [0.5, 0.6) is 0 Å². The first kappa shape index (κ1) is 15.0. The predicted octanol–water partition coefficient (Wildman–Crippen LogP) is 1.71. The number of ether oxygens (including phenoxy) is 1. The molecular formula is C17H21NO4. The highest BCUT2D eigenvalue weighted by molar-refractivity contribution is 5.89. The van der Waals surface area contributed by atoms with E-state index in [1.165, 1.54) is 0 Å². The summed E-state index contributed by atoms with van der Waals surface area (Å²) in [5, 5.41) is 12.0. The smallest absolute Gasteiger partial charge is 0.306 e. The van der Waals surface area contributed by atoms with Crippen molar-refractivity contribution in [3.8, 4) is 0 Å². The number of amides is 1. The molecule has 1 aromatic carbocycles. The van der Waals surface area contributed by atoms with E-state index in [0.717, 1.165) is 5.56 Å². The van der Waals surface area contributed by atoms with Gasteiger partial charge in [-0.05, 0) is 31.2 Å². The maximum atomic E-state index is 12.9. The highest BCUT2D eigenvalue weighted by Crippen LogP contribution is 2.36. The lowest BCUT2D eigenvalue weighted by atomic mass is 9.72. The summed E-state index contributed by atoms with van der Waals surface area (Å²) in [6.45, 7) is 1.15. The summed E-state index contributed by atoms with van der Waals surface area (Å²) in [6, 6.07) is 9.81. The van der Waals surface area contributed by atoms with Crippen LogP contribution in [-0.4, -0.2) is 36.2 Å². The first-order chi connectivity index (χ1) is 10.6. The van der Waals surface area contributed by atoms with Crippen LogP contribution in [0.1, 0.15) is 31.2 Å². The molecule has 5 nitrogen and oxygen atoms in total. The second-order valence-corrected chi connectivity index (χ2v) is 6.24. The van der Waals surface area contributed by atoms with Crippen molar-refractivity contribution in [1.29, 1.82) is 0 Å². The van der Waals surface area contributed by atoms with Crippen LogP contribution in [0.15, 0.2) is 30.3 Å². The maximum Gasteiger partial charge on any atom is 0.306 e. The molecule has 0 unspecified atom stereocenters. The van der Waals surface area contributed by atoms with E-state index < -0.39 is 11.4 Å². The monoisotopic (exact) mass is 303 g/mol. The number of carbonyl (C=O) groups excluding carboxylic acids is 1. The zero-order valence-electron chi connectivity index (χ0n) is 12.5. The highest BCUT2D eigenvalue weighted by Gasteiger charge is 2.44. The van der Waals surface area contributed by atoms with Gasteiger partial charge in [0.1, 0.15) is 0 Å². The number of nitrogens with one attached hydrogen (secondary N) is 1. The molecule has 0 aromatic heterocycles. The van der Waals surface area contributed by atoms with E-state index in [1.807, 2.05) is 30.3 Å². The van der Waals surface area contributed by atoms with E-state index in [0.29, 0.717) is 38.9 Å². The number of carboxylic acid groups (broad SMARTS) is 1. The van der Waals surface area contributed by atoms with Gasteiger partial charge in [-0.2, -0.15) is 0 Å². The highest BCUT2D eigenvalue weighted by atomic mass is 16.5. The summed E-state index contributed by atoms with van der Waals surface area (Å²) in [4.78, 5) is 23.8. The van der Waals surface area contributed by atoms with Gasteiger partial charge < -0.3 is 15.2 Å². The molecule has 118 valence electrons. The summed E-state index contributed by atoms with van der Waals surface area (Å²) in [7, 11) is 0. The van der Waals surface area contributed by atoms with E-state index in [9.17, 15) is 9.59 Å². The van der Waals surface area contributed by atoms with Crippen LogP contribution in [0.4, 0.5) is 0 Å². The molecule has 2 N–H and O–H groups in total. The Hall–Kier alpha value is -1.88. The zero-order chi connectivity index (χ0) is 15.6. The van der Waals surface area contributed by atoms with Crippen molar-refractivity contribution in [2.45, 2.75) is 37.1 Å². The molecule has 0 spiro atoms. The van der Waals surface area contributed by atoms with Gasteiger partial charge in [0, 0.05) is 19.3 Å². The summed E-state index contributed by atoms with van der Waals surface area (Å²) >= 11 is 0. The average molecular weight is 303 g/mol. The third kappa shape index (κ3) is 2.73. The molecule has 1 heterocycles. The number of hydrogen-bond acceptors (Lipinski definition) is 3. The minimum Gasteiger partial charge on any atom is -0.481 e. The van der Waals surface area contributed by atoms with Gasteiger partial charge in [-0.15, -0.1) is 0 Å². The van der Waals surface area contributed by atoms with Crippen LogP contribution >= 0.6 is 0 Å². The molecule has 22 heavy (non-hydrogen) atoms. The van der Waals surface area contributed by atoms with E-state index in [1.54, 1.807) is 0 Å². The van der Waals surface area contributed by atoms with E-state index in [-0.39, 0.29) is 17.9 Å². The van der Waals surface area contributed by atoms with Gasteiger partial charge in [-0.3, -0.25) is 9.59 Å². The van der Waals surface area contributed by atoms with Gasteiger partial charge in [0.05, 0.1) is 11.3 Å². The Kier molecular flexibility index (Phi) is 4.16. The molecule has 1 saturated heterocycles. The fraction of sp³-hybridized carbons (Fsp3) is 0.529. The molecule has 2 aliphatic rings. The standard InChI is InChI=1S/C17H21NO4/c19-15(20)12-10-14(11-12)18-16(21)17(6-8-22-9-7-17)13-4-2-1-3-5-13/h1-5,12,14H,6-11H2,(H,18,21)(H,19,20). The quantitative estimate of drug-likeness (QED) is 0.888. The Labute approximate surface area is 129 Å². The Balaban J connectivity index is 1.73. The van der Waals surface area contributed by atoms with Crippen molar-refractivity contribution in [3.05, 3.63) is 35.9 Å². The number of rotatable bonds is 4. The van der Waals surface area contributed by atoms with E-state index in [2.05, 4.69) is 5.32 Å². The van der Waals surface area contributed by atoms with Crippen molar-refractivity contribution in [2.24, 2.45) is 5.92 Å². The van der Waals surface area contributed by atoms with Gasteiger partial charge >= 0.3 is 5.97 Å². The predicted molar refractivity (Wildman–Crippen MR) is 80.5 cm³/mol. The topological polar surface area (TPSA) is 75.6 Å². The summed E-state index contributed by atoms with van der Waals surface area (Å²) in [5.41, 5.74) is 0.471. The molecule has 1 aliphatic heterocycles. The fourth-order valence-corrected chi connectivity index (χ4v) is 3.38. The van der Waals surface area contributed by atoms with Gasteiger partial charge in [0.25, 0.3) is 0 Å². The van der Waals surface area contributed by atoms with Crippen molar-refractivity contribution < 1.29 is 19.4 Å². The van der Waals surface area contributed by atoms with Crippen molar-refractivity contribution in [1.82, 2.24) is 5.32 Å². The molecule has 0 bridgehead atoms. The Morgan fingerprint density at radius 2 is 1.77 bits per heavy atom. The van der Waals surface area contributed by atoms with Crippen LogP contribution in [-0.2, 0) is 19.7 Å². The third-order valence-corrected chi connectivity index (χ3v) is 4.93. The first-order valence-electron chi connectivity index (χ1n) is 7.79. The summed E-state index contributed by atoms with van der Waals surface area (Å²) in [5.74, 6) is -1.07. The fourth-order valence-electron chi connectivity index (χ4n) is 3.38. The van der Waals surface area contributed by atoms with E-state index >= 15 is 0 Å². The molecule has 1 amide bonds. The first-order valence-corrected chi connectivity index (χ1v) is 7.79. The van der Waals surface area contributed by atoms with Crippen LogP contribution in [0, 0.1) is 5.92 Å². The van der Waals surface area contributed by atoms with Gasteiger partial charge in [-0.1, -0.05) is 30.3 Å². The average Bonchev–Trinajstić information content (AvgIpc) is 2.51. The number of benzene rings is 1. The van der Waals surface area contributed by atoms with E-state index in [4.69, 9.17) is 9.84 Å². The third-order valence-electron chi connectivity index (χ3n) is 4.93. The minimum absolute atomic E-state index is 0.0100. The number of carbonyl (C=O) groups is 2. The SMILES string of the molecule is O=C(O)C1CC(NC(=O)C2(c3ccccc3)CCOCC2)C1. The van der Waals surface area contributed by atoms with Crippen LogP contribution in [0.2, 0.25) is 0 Å². The second-order valence-electron chi connectivity index (χ2n) is 6.24. The Morgan fingerprint density at radius 3 is 2.36 bits per heavy atom. The Morgan fingerprint density at radius 1 is 1.14 bits per heavy atom. The minimum atomic E-state index is -0.769. The number of carboxylic acids is 1. The molecule has 5 heteroatoms. The number of hydrogen-bond donors (Lipinski definition) is 2. The summed E-state index contributed by atoms with van der Waals surface area (Å²) < 4.78 is 5.43. The van der Waals surface area contributed by atoms with Gasteiger partial charge in [-0.25, -0.2) is 0 Å². The number of aliphatic carboxylic acids is 1. The van der Waals surface area contributed by atoms with Crippen molar-refractivity contribution >= 4 is 11.9 Å². The lowest BCUT2D eigenvalue weighted by Gasteiger charge is -2.40. The molecule has 0 atom stereocenters. The lowest BCUT2D eigenvalue weighted by molar-refractivity contribution is -0.147. The second kappa shape index (κ2) is 6.08.